The fraction of sp³-hybridized carbons (Fsp3) is 0.224. The van der Waals surface area contributed by atoms with Gasteiger partial charge in [-0.2, -0.15) is 0 Å². The Balaban J connectivity index is 1.19. The standard InChI is InChI=1S/C58H57N5O14/c1-7-48(65)71-32-57(6,33-72-49(66)8-2)63-56(70)75-36-58(10-4,35-74-55(69)59-37-76-50(67)9-3)34-73-54(68)38(5)77-45-29-30-46(47(64)31-45)53-61-51(43-25-21-41(22-26-43)39-17-13-11-14-18-39)60-52(62-53)44-27-23-42(24-28-44)40-19-15-12-16-20-40/h7-9,11-31,38,64H,1-3,10,32-37H2,4-6H3,(H,59,69)(H,63,70). The number of alkyl carbamates (subject to hydrolysis) is 2. The molecule has 0 radical (unpaired) electrons. The van der Waals surface area contributed by atoms with E-state index < -0.39 is 92.9 Å². The highest BCUT2D eigenvalue weighted by Gasteiger charge is 2.37. The molecule has 5 aromatic carbocycles. The van der Waals surface area contributed by atoms with Crippen molar-refractivity contribution in [3.8, 4) is 67.9 Å². The number of amides is 2. The predicted octanol–water partition coefficient (Wildman–Crippen LogP) is 8.98. The van der Waals surface area contributed by atoms with Gasteiger partial charge in [0.2, 0.25) is 0 Å². The first-order chi connectivity index (χ1) is 37.0. The summed E-state index contributed by atoms with van der Waals surface area (Å²) in [6, 6.07) is 39.8. The van der Waals surface area contributed by atoms with Crippen molar-refractivity contribution in [2.75, 3.05) is 39.8 Å². The number of phenolic OH excluding ortho intramolecular Hbond substituents is 1. The summed E-state index contributed by atoms with van der Waals surface area (Å²) in [6.45, 7) is 11.4. The molecule has 1 aromatic heterocycles. The van der Waals surface area contributed by atoms with Crippen molar-refractivity contribution in [1.82, 2.24) is 25.6 Å². The summed E-state index contributed by atoms with van der Waals surface area (Å²) in [5, 5.41) is 16.3. The molecule has 2 atom stereocenters. The Labute approximate surface area is 444 Å². The minimum absolute atomic E-state index is 0.0812. The van der Waals surface area contributed by atoms with Crippen LogP contribution in [0.4, 0.5) is 9.59 Å². The fourth-order valence-corrected chi connectivity index (χ4v) is 7.13. The normalized spacial score (nSPS) is 12.0. The number of ether oxygens (including phenoxy) is 7. The van der Waals surface area contributed by atoms with Gasteiger partial charge in [-0.15, -0.1) is 0 Å². The van der Waals surface area contributed by atoms with Gasteiger partial charge in [-0.05, 0) is 54.7 Å². The van der Waals surface area contributed by atoms with Gasteiger partial charge < -0.3 is 43.6 Å². The van der Waals surface area contributed by atoms with Gasteiger partial charge in [0.05, 0.1) is 11.0 Å². The number of carbonyl (C=O) groups excluding carboxylic acids is 6. The number of benzene rings is 5. The zero-order valence-corrected chi connectivity index (χ0v) is 42.6. The van der Waals surface area contributed by atoms with Crippen LogP contribution in [0.15, 0.2) is 165 Å². The van der Waals surface area contributed by atoms with Gasteiger partial charge in [-0.1, -0.05) is 136 Å². The van der Waals surface area contributed by atoms with E-state index in [0.717, 1.165) is 40.5 Å². The number of hydrogen-bond acceptors (Lipinski definition) is 17. The van der Waals surface area contributed by atoms with Crippen molar-refractivity contribution in [2.45, 2.75) is 38.8 Å². The molecule has 0 bridgehead atoms. The summed E-state index contributed by atoms with van der Waals surface area (Å²) in [5.41, 5.74) is 2.84. The molecule has 0 aliphatic heterocycles. The number of rotatable bonds is 25. The largest absolute Gasteiger partial charge is 0.507 e. The molecule has 6 aromatic rings. The summed E-state index contributed by atoms with van der Waals surface area (Å²) in [6.07, 6.45) is -0.610. The van der Waals surface area contributed by atoms with Crippen molar-refractivity contribution in [3.63, 3.8) is 0 Å². The molecule has 1 heterocycles. The molecule has 0 spiro atoms. The van der Waals surface area contributed by atoms with E-state index in [1.165, 1.54) is 26.0 Å². The smallest absolute Gasteiger partial charge is 0.409 e. The van der Waals surface area contributed by atoms with Crippen LogP contribution in [0.25, 0.3) is 56.4 Å². The third kappa shape index (κ3) is 16.4. The lowest BCUT2D eigenvalue weighted by atomic mass is 9.88. The van der Waals surface area contributed by atoms with Crippen LogP contribution >= 0.6 is 0 Å². The van der Waals surface area contributed by atoms with E-state index >= 15 is 0 Å². The van der Waals surface area contributed by atoms with Gasteiger partial charge in [0, 0.05) is 35.4 Å². The van der Waals surface area contributed by atoms with Gasteiger partial charge in [0.15, 0.2) is 30.3 Å². The van der Waals surface area contributed by atoms with Crippen LogP contribution in [-0.4, -0.2) is 108 Å². The van der Waals surface area contributed by atoms with Crippen LogP contribution in [0.1, 0.15) is 27.2 Å². The maximum Gasteiger partial charge on any atom is 0.409 e. The highest BCUT2D eigenvalue weighted by Crippen LogP contribution is 2.34. The Morgan fingerprint density at radius 1 is 0.558 bits per heavy atom. The zero-order valence-electron chi connectivity index (χ0n) is 42.6. The number of phenols is 1. The first-order valence-corrected chi connectivity index (χ1v) is 24.0. The molecule has 0 saturated heterocycles. The maximum atomic E-state index is 13.6. The number of aromatic hydroxyl groups is 1. The lowest BCUT2D eigenvalue weighted by Crippen LogP contribution is -2.54. The fourth-order valence-electron chi connectivity index (χ4n) is 7.13. The van der Waals surface area contributed by atoms with Gasteiger partial charge in [0.1, 0.15) is 50.1 Å². The molecule has 19 nitrogen and oxygen atoms in total. The molecule has 19 heteroatoms. The van der Waals surface area contributed by atoms with Crippen LogP contribution in [0, 0.1) is 5.41 Å². The van der Waals surface area contributed by atoms with Gasteiger partial charge >= 0.3 is 36.1 Å². The van der Waals surface area contributed by atoms with E-state index in [0.29, 0.717) is 22.8 Å². The Bertz CT molecular complexity index is 2940. The van der Waals surface area contributed by atoms with E-state index in [4.69, 9.17) is 48.1 Å². The molecule has 3 N–H and O–H groups in total. The number of hydrogen-bond donors (Lipinski definition) is 3. The summed E-state index contributed by atoms with van der Waals surface area (Å²) < 4.78 is 37.5. The van der Waals surface area contributed by atoms with Crippen LogP contribution in [0.3, 0.4) is 0 Å². The molecule has 0 saturated carbocycles. The zero-order chi connectivity index (χ0) is 55.4. The first kappa shape index (κ1) is 56.6. The van der Waals surface area contributed by atoms with E-state index in [-0.39, 0.29) is 29.3 Å². The molecule has 0 aliphatic carbocycles. The Morgan fingerprint density at radius 3 is 1.48 bits per heavy atom. The second kappa shape index (κ2) is 27.0. The molecule has 6 rings (SSSR count). The first-order valence-electron chi connectivity index (χ1n) is 24.0. The summed E-state index contributed by atoms with van der Waals surface area (Å²) in [7, 11) is 0. The van der Waals surface area contributed by atoms with Crippen LogP contribution < -0.4 is 15.4 Å². The van der Waals surface area contributed by atoms with Crippen molar-refractivity contribution >= 4 is 36.1 Å². The number of nitrogens with zero attached hydrogens (tertiary/aromatic N) is 3. The summed E-state index contributed by atoms with van der Waals surface area (Å²) in [4.78, 5) is 89.2. The van der Waals surface area contributed by atoms with E-state index in [2.05, 4.69) is 30.4 Å². The van der Waals surface area contributed by atoms with Crippen LogP contribution in [-0.2, 0) is 47.6 Å². The van der Waals surface area contributed by atoms with Gasteiger partial charge in [-0.25, -0.2) is 43.7 Å². The summed E-state index contributed by atoms with van der Waals surface area (Å²) >= 11 is 0. The maximum absolute atomic E-state index is 13.6. The Kier molecular flexibility index (Phi) is 19.9. The Hall–Kier alpha value is -9.65. The molecule has 398 valence electrons. The van der Waals surface area contributed by atoms with Crippen molar-refractivity contribution < 1.29 is 67.0 Å². The number of carbonyl (C=O) groups is 6. The Morgan fingerprint density at radius 2 is 1.00 bits per heavy atom. The van der Waals surface area contributed by atoms with Crippen molar-refractivity contribution in [1.29, 1.82) is 0 Å². The third-order valence-corrected chi connectivity index (χ3v) is 11.7. The van der Waals surface area contributed by atoms with E-state index in [1.807, 2.05) is 109 Å². The summed E-state index contributed by atoms with van der Waals surface area (Å²) in [5.74, 6) is -2.63. The van der Waals surface area contributed by atoms with Crippen molar-refractivity contribution in [3.05, 3.63) is 165 Å². The minimum Gasteiger partial charge on any atom is -0.507 e. The second-order valence-corrected chi connectivity index (χ2v) is 17.5. The topological polar surface area (TPSA) is 250 Å². The SMILES string of the molecule is C=CC(=O)OCNC(=O)OCC(CC)(COC(=O)NC(C)(COC(=O)C=C)COC(=O)C=C)COC(=O)C(C)Oc1ccc(-c2nc(-c3ccc(-c4ccccc4)cc3)nc(-c3ccc(-c4ccccc4)cc3)n2)c(O)c1. The van der Waals surface area contributed by atoms with Gasteiger partial charge in [0.25, 0.3) is 0 Å². The van der Waals surface area contributed by atoms with Crippen LogP contribution in [0.5, 0.6) is 11.5 Å². The minimum atomic E-state index is -1.52. The van der Waals surface area contributed by atoms with E-state index in [9.17, 15) is 33.9 Å². The van der Waals surface area contributed by atoms with Crippen molar-refractivity contribution in [2.24, 2.45) is 5.41 Å². The average Bonchev–Trinajstić information content (AvgIpc) is 3.46. The lowest BCUT2D eigenvalue weighted by Gasteiger charge is -2.33. The molecule has 2 amide bonds. The number of nitrogens with one attached hydrogen (secondary N) is 2. The second-order valence-electron chi connectivity index (χ2n) is 17.5. The molecular formula is C58H57N5O14. The molecule has 2 unspecified atom stereocenters. The number of aromatic nitrogens is 3. The predicted molar refractivity (Wildman–Crippen MR) is 283 cm³/mol. The number of esters is 4. The molecule has 0 aliphatic rings. The quantitative estimate of drug-likeness (QED) is 0.0209. The average molecular weight is 1050 g/mol. The third-order valence-electron chi connectivity index (χ3n) is 11.7. The molecular weight excluding hydrogens is 991 g/mol. The highest BCUT2D eigenvalue weighted by atomic mass is 16.6. The molecule has 0 fully saturated rings. The highest BCUT2D eigenvalue weighted by molar-refractivity contribution is 5.82. The van der Waals surface area contributed by atoms with E-state index in [1.54, 1.807) is 13.0 Å². The molecule has 77 heavy (non-hydrogen) atoms. The van der Waals surface area contributed by atoms with Gasteiger partial charge in [-0.3, -0.25) is 5.32 Å². The lowest BCUT2D eigenvalue weighted by molar-refractivity contribution is -0.157. The monoisotopic (exact) mass is 1050 g/mol. The van der Waals surface area contributed by atoms with Crippen LogP contribution in [0.2, 0.25) is 0 Å².